The first-order chi connectivity index (χ1) is 21.6. The molecule has 10 unspecified atom stereocenters. The van der Waals surface area contributed by atoms with Crippen LogP contribution >= 0.6 is 0 Å². The van der Waals surface area contributed by atoms with Crippen molar-refractivity contribution in [2.24, 2.45) is 0 Å². The minimum absolute atomic E-state index is 0.0356. The van der Waals surface area contributed by atoms with Gasteiger partial charge in [0.15, 0.2) is 44.9 Å². The van der Waals surface area contributed by atoms with Gasteiger partial charge in [0.05, 0.1) is 6.61 Å². The molecule has 254 valence electrons. The van der Waals surface area contributed by atoms with Gasteiger partial charge in [-0.2, -0.15) is 0 Å². The molecular formula is C25H31NO19Si. The largest absolute Gasteiger partial charge is 0.515 e. The first-order valence-electron chi connectivity index (χ1n) is 13.8. The van der Waals surface area contributed by atoms with Gasteiger partial charge < -0.3 is 61.3 Å². The third-order valence-corrected chi connectivity index (χ3v) is 7.65. The molecule has 0 aromatic rings. The molecule has 6 rings (SSSR count). The Morgan fingerprint density at radius 1 is 0.609 bits per heavy atom. The summed E-state index contributed by atoms with van der Waals surface area (Å²) in [5.41, 5.74) is 0. The summed E-state index contributed by atoms with van der Waals surface area (Å²) in [7, 11) is -1.72. The van der Waals surface area contributed by atoms with E-state index in [1.807, 2.05) is 19.6 Å². The van der Waals surface area contributed by atoms with Crippen molar-refractivity contribution in [3.05, 3.63) is 11.4 Å². The topological polar surface area (TPSA) is 227 Å². The van der Waals surface area contributed by atoms with E-state index in [-0.39, 0.29) is 19.8 Å². The van der Waals surface area contributed by atoms with Crippen molar-refractivity contribution in [2.45, 2.75) is 94.7 Å². The Hall–Kier alpha value is -4.71. The average Bonchev–Trinajstić information content (AvgIpc) is 3.81. The first-order valence-corrected chi connectivity index (χ1v) is 17.2. The average molecular weight is 678 g/mol. The summed E-state index contributed by atoms with van der Waals surface area (Å²) in [5, 5.41) is 0. The van der Waals surface area contributed by atoms with Gasteiger partial charge in [-0.3, -0.25) is 4.85 Å². The van der Waals surface area contributed by atoms with E-state index < -0.39 is 106 Å². The summed E-state index contributed by atoms with van der Waals surface area (Å²) in [5.74, 6) is 0. The molecule has 0 spiro atoms. The van der Waals surface area contributed by atoms with E-state index in [0.717, 1.165) is 0 Å². The summed E-state index contributed by atoms with van der Waals surface area (Å²) < 4.78 is 62.8. The summed E-state index contributed by atoms with van der Waals surface area (Å²) in [6, 6.07) is 0. The molecule has 6 aliphatic rings. The van der Waals surface area contributed by atoms with Crippen LogP contribution in [0.2, 0.25) is 19.6 Å². The molecule has 21 heteroatoms. The van der Waals surface area contributed by atoms with Gasteiger partial charge >= 0.3 is 43.2 Å². The van der Waals surface area contributed by atoms with Crippen LogP contribution in [0.1, 0.15) is 13.8 Å². The monoisotopic (exact) mass is 677 g/mol. The van der Waals surface area contributed by atoms with Crippen molar-refractivity contribution in [3.8, 4) is 0 Å². The summed E-state index contributed by atoms with van der Waals surface area (Å²) in [4.78, 5) is 67.9. The second kappa shape index (κ2) is 14.2. The quantitative estimate of drug-likeness (QED) is 0.170. The van der Waals surface area contributed by atoms with Crippen molar-refractivity contribution in [1.82, 2.24) is 0 Å². The van der Waals surface area contributed by atoms with Crippen molar-refractivity contribution < 1.29 is 90.0 Å². The fourth-order valence-electron chi connectivity index (χ4n) is 4.49. The van der Waals surface area contributed by atoms with Gasteiger partial charge in [0.1, 0.15) is 25.4 Å². The summed E-state index contributed by atoms with van der Waals surface area (Å²) in [6.45, 7) is 16.4. The molecule has 0 bridgehead atoms. The van der Waals surface area contributed by atoms with Gasteiger partial charge in [-0.1, -0.05) is 0 Å². The van der Waals surface area contributed by atoms with Crippen molar-refractivity contribution >= 4 is 45.2 Å². The lowest BCUT2D eigenvalue weighted by molar-refractivity contribution is 0.0125. The van der Waals surface area contributed by atoms with Crippen LogP contribution < -0.4 is 0 Å². The van der Waals surface area contributed by atoms with Crippen LogP contribution in [0.25, 0.3) is 4.85 Å². The third kappa shape index (κ3) is 8.72. The van der Waals surface area contributed by atoms with E-state index >= 15 is 0 Å². The Morgan fingerprint density at radius 2 is 1.04 bits per heavy atom. The third-order valence-electron chi connectivity index (χ3n) is 6.62. The maximum Gasteiger partial charge on any atom is 0.515 e. The first kappa shape index (κ1) is 34.2. The molecule has 10 atom stereocenters. The highest BCUT2D eigenvalue weighted by Crippen LogP contribution is 2.28. The maximum atomic E-state index is 11.2. The van der Waals surface area contributed by atoms with Crippen LogP contribution in [-0.2, 0) is 61.3 Å². The van der Waals surface area contributed by atoms with Gasteiger partial charge in [-0.15, -0.1) is 0 Å². The Kier molecular flexibility index (Phi) is 10.5. The van der Waals surface area contributed by atoms with Gasteiger partial charge in [-0.25, -0.2) is 35.3 Å². The lowest BCUT2D eigenvalue weighted by Gasteiger charge is -2.23. The zero-order chi connectivity index (χ0) is 33.8. The Labute approximate surface area is 261 Å². The molecule has 0 aromatic heterocycles. The van der Waals surface area contributed by atoms with E-state index in [2.05, 4.69) is 28.5 Å². The number of hydrogen-bond donors (Lipinski definition) is 0. The van der Waals surface area contributed by atoms with Crippen LogP contribution in [0.4, 0.5) is 28.8 Å². The molecule has 0 aromatic carbocycles. The van der Waals surface area contributed by atoms with Crippen LogP contribution in [0.5, 0.6) is 0 Å². The Bertz CT molecular complexity index is 1220. The highest BCUT2D eigenvalue weighted by atomic mass is 28.4. The molecule has 6 heterocycles. The van der Waals surface area contributed by atoms with Gasteiger partial charge in [0.25, 0.3) is 6.10 Å². The van der Waals surface area contributed by atoms with Gasteiger partial charge in [-0.05, 0) is 33.5 Å². The predicted molar refractivity (Wildman–Crippen MR) is 140 cm³/mol. The zero-order valence-electron chi connectivity index (χ0n) is 25.1. The highest BCUT2D eigenvalue weighted by molar-refractivity contribution is 6.69. The Morgan fingerprint density at radius 3 is 1.46 bits per heavy atom. The van der Waals surface area contributed by atoms with Crippen LogP contribution in [-0.4, -0.2) is 126 Å². The molecule has 6 saturated heterocycles. The number of ether oxygens (including phenoxy) is 12. The smallest absolute Gasteiger partial charge is 0.430 e. The van der Waals surface area contributed by atoms with E-state index in [4.69, 9.17) is 44.2 Å². The molecule has 6 fully saturated rings. The molecule has 0 radical (unpaired) electrons. The normalized spacial score (nSPS) is 35.7. The fraction of sp³-hybridized carbons (Fsp3) is 0.720. The molecule has 0 aliphatic carbocycles. The molecule has 20 nitrogen and oxygen atoms in total. The lowest BCUT2D eigenvalue weighted by Crippen LogP contribution is -2.41. The van der Waals surface area contributed by atoms with Crippen LogP contribution in [0, 0.1) is 6.57 Å². The second-order valence-corrected chi connectivity index (χ2v) is 15.6. The molecule has 6 aliphatic heterocycles. The number of rotatable bonds is 6. The van der Waals surface area contributed by atoms with Gasteiger partial charge in [0, 0.05) is 0 Å². The van der Waals surface area contributed by atoms with Crippen molar-refractivity contribution in [1.29, 1.82) is 0 Å². The minimum atomic E-state index is -1.72. The van der Waals surface area contributed by atoms with Crippen LogP contribution in [0.3, 0.4) is 0 Å². The molecule has 0 amide bonds. The number of nitrogens with zero attached hydrogens (tertiary/aromatic N) is 1. The molecule has 0 saturated carbocycles. The van der Waals surface area contributed by atoms with E-state index in [9.17, 15) is 28.8 Å². The SMILES string of the molecule is CC1OC(=O)OC1C1OC(=O)OC1C.C[Si](C)(C)OCC1OC(=O)OC1C1COC(=O)O1.[C-]#[N+]C1OC(=O)OC1C1COC(=O)O1. The maximum absolute atomic E-state index is 11.2. The number of carbonyl (C=O) groups is 6. The zero-order valence-corrected chi connectivity index (χ0v) is 26.1. The molecule has 46 heavy (non-hydrogen) atoms. The molecular weight excluding hydrogens is 646 g/mol. The standard InChI is InChI=1S/C10H16O7Si.C8H10O6.C7H5NO6/c1-18(2,3)14-5-7-8(17-10(12)16-7)6-4-13-9(11)15-6;1-3-5(13-7(9)11-3)6-4(2)12-8(10)14-6;1-8-5-4(13-7(10)14-5)3-2-11-6(9)12-3/h6-8H,4-5H2,1-3H3;3-6H,1-2H3;3-5H,2H2. The van der Waals surface area contributed by atoms with E-state index in [0.29, 0.717) is 0 Å². The summed E-state index contributed by atoms with van der Waals surface area (Å²) >= 11 is 0. The minimum Gasteiger partial charge on any atom is -0.430 e. The summed E-state index contributed by atoms with van der Waals surface area (Å²) in [6.07, 6.45) is -11.4. The van der Waals surface area contributed by atoms with Gasteiger partial charge in [0.2, 0.25) is 0 Å². The van der Waals surface area contributed by atoms with Crippen molar-refractivity contribution in [3.63, 3.8) is 0 Å². The number of cyclic esters (lactones) is 12. The fourth-order valence-corrected chi connectivity index (χ4v) is 5.15. The lowest BCUT2D eigenvalue weighted by atomic mass is 10.1. The number of carbonyl (C=O) groups excluding carboxylic acids is 6. The highest BCUT2D eigenvalue weighted by Gasteiger charge is 2.52. The van der Waals surface area contributed by atoms with E-state index in [1.165, 1.54) is 0 Å². The second-order valence-electron chi connectivity index (χ2n) is 11.1. The van der Waals surface area contributed by atoms with Crippen molar-refractivity contribution in [2.75, 3.05) is 19.8 Å². The van der Waals surface area contributed by atoms with Crippen LogP contribution in [0.15, 0.2) is 0 Å². The van der Waals surface area contributed by atoms with E-state index in [1.54, 1.807) is 13.8 Å². The Balaban J connectivity index is 0.000000158. The number of hydrogen-bond acceptors (Lipinski definition) is 19. The predicted octanol–water partition coefficient (Wildman–Crippen LogP) is 2.41. The molecule has 0 N–H and O–H groups in total.